The van der Waals surface area contributed by atoms with Crippen molar-refractivity contribution in [1.29, 1.82) is 0 Å². The summed E-state index contributed by atoms with van der Waals surface area (Å²) < 4.78 is 23.1. The van der Waals surface area contributed by atoms with E-state index in [1.165, 1.54) is 5.56 Å². The normalized spacial score (nSPS) is 20.0. The van der Waals surface area contributed by atoms with Crippen molar-refractivity contribution in [3.05, 3.63) is 42.1 Å². The van der Waals surface area contributed by atoms with Gasteiger partial charge in [-0.25, -0.2) is 4.79 Å². The Balaban J connectivity index is 1.38. The predicted octanol–water partition coefficient (Wildman–Crippen LogP) is 4.05. The van der Waals surface area contributed by atoms with Gasteiger partial charge < -0.3 is 14.4 Å². The molecule has 3 heterocycles. The Labute approximate surface area is 180 Å². The Hall–Kier alpha value is -2.41. The molecule has 1 aromatic heterocycles. The minimum absolute atomic E-state index is 0.0908. The summed E-state index contributed by atoms with van der Waals surface area (Å²) in [5, 5.41) is 0. The second kappa shape index (κ2) is 8.76. The minimum Gasteiger partial charge on any atom is -0.490 e. The maximum atomic E-state index is 12.1. The zero-order chi connectivity index (χ0) is 21.3. The molecule has 0 saturated carbocycles. The number of hydrogen-bond acceptors (Lipinski definition) is 5. The van der Waals surface area contributed by atoms with Crippen LogP contribution in [0, 0.1) is 5.92 Å². The van der Waals surface area contributed by atoms with Crippen LogP contribution in [0.1, 0.15) is 32.3 Å². The van der Waals surface area contributed by atoms with Crippen LogP contribution in [0.2, 0.25) is 0 Å². The summed E-state index contributed by atoms with van der Waals surface area (Å²) in [5.41, 5.74) is 3.11. The van der Waals surface area contributed by atoms with Gasteiger partial charge >= 0.3 is 6.09 Å². The molecule has 0 N–H and O–H groups in total. The summed E-state index contributed by atoms with van der Waals surface area (Å²) in [7, 11) is -1.02. The van der Waals surface area contributed by atoms with Gasteiger partial charge in [0.25, 0.3) is 0 Å². The molecule has 1 amide bonds. The van der Waals surface area contributed by atoms with E-state index in [0.717, 1.165) is 41.2 Å². The Morgan fingerprint density at radius 3 is 2.63 bits per heavy atom. The number of piperidine rings is 1. The fourth-order valence-corrected chi connectivity index (χ4v) is 4.61. The zero-order valence-electron chi connectivity index (χ0n) is 17.7. The van der Waals surface area contributed by atoms with E-state index in [0.29, 0.717) is 19.0 Å². The summed E-state index contributed by atoms with van der Waals surface area (Å²) in [6, 6.07) is 9.97. The minimum atomic E-state index is -1.02. The van der Waals surface area contributed by atoms with Crippen LogP contribution in [0.4, 0.5) is 4.79 Å². The molecule has 6 nitrogen and oxygen atoms in total. The molecule has 2 aliphatic rings. The molecule has 1 fully saturated rings. The largest absolute Gasteiger partial charge is 0.490 e. The highest BCUT2D eigenvalue weighted by Gasteiger charge is 2.34. The third kappa shape index (κ3) is 4.51. The Morgan fingerprint density at radius 2 is 2.00 bits per heavy atom. The number of rotatable bonds is 4. The van der Waals surface area contributed by atoms with Crippen molar-refractivity contribution in [3.8, 4) is 17.0 Å². The number of hydrogen-bond donors (Lipinski definition) is 0. The number of carbonyl (C=O) groups is 1. The number of nitrogens with zero attached hydrogens (tertiary/aromatic N) is 2. The second-order valence-corrected chi connectivity index (χ2v) is 9.65. The Morgan fingerprint density at radius 1 is 1.23 bits per heavy atom. The number of aromatic nitrogens is 1. The molecule has 0 radical (unpaired) electrons. The van der Waals surface area contributed by atoms with E-state index in [2.05, 4.69) is 11.1 Å². The number of ether oxygens (including phenoxy) is 2. The van der Waals surface area contributed by atoms with E-state index in [1.807, 2.05) is 38.1 Å². The Bertz CT molecular complexity index is 937. The first-order valence-electron chi connectivity index (χ1n) is 10.5. The maximum Gasteiger partial charge on any atom is 0.410 e. The van der Waals surface area contributed by atoms with Gasteiger partial charge in [-0.1, -0.05) is 0 Å². The highest BCUT2D eigenvalue weighted by atomic mass is 32.2. The summed E-state index contributed by atoms with van der Waals surface area (Å²) >= 11 is 0. The van der Waals surface area contributed by atoms with Crippen LogP contribution in [-0.4, -0.2) is 51.7 Å². The topological polar surface area (TPSA) is 68.7 Å². The lowest BCUT2D eigenvalue weighted by Crippen LogP contribution is -2.43. The number of fused-ring (bicyclic) bond motifs is 1. The average Bonchev–Trinajstić information content (AvgIpc) is 3.17. The maximum absolute atomic E-state index is 12.1. The van der Waals surface area contributed by atoms with Crippen LogP contribution < -0.4 is 4.74 Å². The first kappa shape index (κ1) is 20.8. The fraction of sp³-hybridized carbons (Fsp3) is 0.478. The van der Waals surface area contributed by atoms with Crippen LogP contribution in [0.3, 0.4) is 0 Å². The molecule has 0 aliphatic carbocycles. The van der Waals surface area contributed by atoms with Gasteiger partial charge in [-0.05, 0) is 68.5 Å². The molecule has 160 valence electrons. The number of pyridine rings is 1. The lowest BCUT2D eigenvalue weighted by molar-refractivity contribution is 0.0503. The summed E-state index contributed by atoms with van der Waals surface area (Å²) in [5.74, 6) is 1.37. The van der Waals surface area contributed by atoms with E-state index < -0.39 is 10.8 Å². The van der Waals surface area contributed by atoms with E-state index >= 15 is 0 Å². The molecule has 2 unspecified atom stereocenters. The van der Waals surface area contributed by atoms with Gasteiger partial charge in [0.05, 0.1) is 27.5 Å². The second-order valence-electron chi connectivity index (χ2n) is 8.27. The third-order valence-electron chi connectivity index (χ3n) is 5.78. The molecule has 0 spiro atoms. The Kier molecular flexibility index (Phi) is 6.09. The highest BCUT2D eigenvalue weighted by molar-refractivity contribution is 7.84. The number of amides is 1. The summed E-state index contributed by atoms with van der Waals surface area (Å²) in [6.07, 6.45) is 5.90. The standard InChI is InChI=1S/C23H28N2O4S/c1-15(2)28-23(26)25-10-8-16(9-11-25)22-13-18-12-17(4-7-21(18)29-22)20-6-5-19(14-24-20)30(3)27/h4-7,12,14-16,22H,8-11,13H2,1-3H3. The summed E-state index contributed by atoms with van der Waals surface area (Å²) in [4.78, 5) is 19.1. The van der Waals surface area contributed by atoms with Gasteiger partial charge in [0.15, 0.2) is 0 Å². The van der Waals surface area contributed by atoms with Crippen LogP contribution >= 0.6 is 0 Å². The highest BCUT2D eigenvalue weighted by Crippen LogP contribution is 2.37. The van der Waals surface area contributed by atoms with Crippen molar-refractivity contribution in [1.82, 2.24) is 9.88 Å². The quantitative estimate of drug-likeness (QED) is 0.735. The molecule has 2 aromatic rings. The summed E-state index contributed by atoms with van der Waals surface area (Å²) in [6.45, 7) is 5.17. The van der Waals surface area contributed by atoms with Crippen LogP contribution in [-0.2, 0) is 22.0 Å². The van der Waals surface area contributed by atoms with Gasteiger partial charge in [-0.2, -0.15) is 0 Å². The van der Waals surface area contributed by atoms with Gasteiger partial charge in [0.1, 0.15) is 11.9 Å². The van der Waals surface area contributed by atoms with Gasteiger partial charge in [-0.3, -0.25) is 9.19 Å². The van der Waals surface area contributed by atoms with E-state index in [9.17, 15) is 9.00 Å². The SMILES string of the molecule is CC(C)OC(=O)N1CCC(C2Cc3cc(-c4ccc(S(C)=O)cn4)ccc3O2)CC1. The number of likely N-dealkylation sites (tertiary alicyclic amines) is 1. The molecular weight excluding hydrogens is 400 g/mol. The van der Waals surface area contributed by atoms with Crippen molar-refractivity contribution in [3.63, 3.8) is 0 Å². The molecule has 30 heavy (non-hydrogen) atoms. The fourth-order valence-electron chi connectivity index (χ4n) is 4.15. The smallest absolute Gasteiger partial charge is 0.410 e. The molecule has 7 heteroatoms. The van der Waals surface area contributed by atoms with Gasteiger partial charge in [0, 0.05) is 37.5 Å². The first-order valence-corrected chi connectivity index (χ1v) is 12.0. The molecule has 0 bridgehead atoms. The lowest BCUT2D eigenvalue weighted by Gasteiger charge is -2.34. The van der Waals surface area contributed by atoms with Crippen molar-refractivity contribution in [2.75, 3.05) is 19.3 Å². The number of benzene rings is 1. The first-order chi connectivity index (χ1) is 14.4. The van der Waals surface area contributed by atoms with Crippen molar-refractivity contribution in [2.45, 2.75) is 50.2 Å². The molecule has 4 rings (SSSR count). The van der Waals surface area contributed by atoms with Crippen LogP contribution in [0.25, 0.3) is 11.3 Å². The van der Waals surface area contributed by atoms with Crippen molar-refractivity contribution < 1.29 is 18.5 Å². The van der Waals surface area contributed by atoms with Crippen molar-refractivity contribution in [2.24, 2.45) is 5.92 Å². The molecule has 2 aliphatic heterocycles. The van der Waals surface area contributed by atoms with Crippen LogP contribution in [0.15, 0.2) is 41.4 Å². The van der Waals surface area contributed by atoms with Gasteiger partial charge in [0.2, 0.25) is 0 Å². The van der Waals surface area contributed by atoms with Crippen LogP contribution in [0.5, 0.6) is 5.75 Å². The van der Waals surface area contributed by atoms with Crippen molar-refractivity contribution >= 4 is 16.9 Å². The lowest BCUT2D eigenvalue weighted by atomic mass is 9.89. The molecule has 1 aromatic carbocycles. The molecule has 2 atom stereocenters. The molecule has 1 saturated heterocycles. The van der Waals surface area contributed by atoms with E-state index in [-0.39, 0.29) is 18.3 Å². The molecular formula is C23H28N2O4S. The zero-order valence-corrected chi connectivity index (χ0v) is 18.5. The van der Waals surface area contributed by atoms with E-state index in [4.69, 9.17) is 9.47 Å². The van der Waals surface area contributed by atoms with E-state index in [1.54, 1.807) is 17.4 Å². The third-order valence-corrected chi connectivity index (χ3v) is 6.69. The monoisotopic (exact) mass is 428 g/mol. The predicted molar refractivity (Wildman–Crippen MR) is 116 cm³/mol. The average molecular weight is 429 g/mol. The van der Waals surface area contributed by atoms with Gasteiger partial charge in [-0.15, -0.1) is 0 Å². The number of carbonyl (C=O) groups excluding carboxylic acids is 1.